The summed E-state index contributed by atoms with van der Waals surface area (Å²) in [5.41, 5.74) is 1.09. The molecule has 2 amide bonds. The lowest BCUT2D eigenvalue weighted by Crippen LogP contribution is -2.44. The van der Waals surface area contributed by atoms with Gasteiger partial charge in [0.2, 0.25) is 0 Å². The zero-order valence-corrected chi connectivity index (χ0v) is 12.3. The SMILES string of the molecule is COc1ccccc1CCNC(=O)N1CCC(C#N)CC1. The Hall–Kier alpha value is -2.22. The molecular weight excluding hydrogens is 266 g/mol. The standard InChI is InChI=1S/C16H21N3O2/c1-21-15-5-3-2-4-14(15)6-9-18-16(20)19-10-7-13(12-17)8-11-19/h2-5,13H,6-11H2,1H3,(H,18,20). The van der Waals surface area contributed by atoms with Crippen LogP contribution in [0.2, 0.25) is 0 Å². The number of benzene rings is 1. The number of para-hydroxylation sites is 1. The summed E-state index contributed by atoms with van der Waals surface area (Å²) in [6.45, 7) is 1.91. The van der Waals surface area contributed by atoms with E-state index in [9.17, 15) is 4.79 Å². The molecule has 0 saturated carbocycles. The smallest absolute Gasteiger partial charge is 0.317 e. The summed E-state index contributed by atoms with van der Waals surface area (Å²) < 4.78 is 5.29. The Morgan fingerprint density at radius 3 is 2.81 bits per heavy atom. The predicted molar refractivity (Wildman–Crippen MR) is 80.0 cm³/mol. The van der Waals surface area contributed by atoms with Crippen molar-refractivity contribution in [2.45, 2.75) is 19.3 Å². The number of nitrogens with one attached hydrogen (secondary N) is 1. The van der Waals surface area contributed by atoms with Gasteiger partial charge >= 0.3 is 6.03 Å². The molecule has 0 aliphatic carbocycles. The minimum absolute atomic E-state index is 0.0405. The topological polar surface area (TPSA) is 65.4 Å². The maximum absolute atomic E-state index is 12.0. The van der Waals surface area contributed by atoms with E-state index in [1.807, 2.05) is 24.3 Å². The Morgan fingerprint density at radius 1 is 1.43 bits per heavy atom. The fourth-order valence-corrected chi connectivity index (χ4v) is 2.54. The van der Waals surface area contributed by atoms with Crippen molar-refractivity contribution in [3.8, 4) is 11.8 Å². The molecule has 1 fully saturated rings. The Labute approximate surface area is 125 Å². The van der Waals surface area contributed by atoms with Crippen LogP contribution in [0.15, 0.2) is 24.3 Å². The minimum Gasteiger partial charge on any atom is -0.496 e. The summed E-state index contributed by atoms with van der Waals surface area (Å²) in [6, 6.07) is 10.0. The highest BCUT2D eigenvalue weighted by Gasteiger charge is 2.22. The average molecular weight is 287 g/mol. The van der Waals surface area contributed by atoms with Crippen LogP contribution >= 0.6 is 0 Å². The first-order valence-corrected chi connectivity index (χ1v) is 7.29. The summed E-state index contributed by atoms with van der Waals surface area (Å²) in [4.78, 5) is 13.8. The number of hydrogen-bond donors (Lipinski definition) is 1. The number of hydrogen-bond acceptors (Lipinski definition) is 3. The lowest BCUT2D eigenvalue weighted by molar-refractivity contribution is 0.179. The van der Waals surface area contributed by atoms with Crippen molar-refractivity contribution in [3.05, 3.63) is 29.8 Å². The lowest BCUT2D eigenvalue weighted by atomic mass is 9.99. The lowest BCUT2D eigenvalue weighted by Gasteiger charge is -2.29. The number of nitrogens with zero attached hydrogens (tertiary/aromatic N) is 2. The van der Waals surface area contributed by atoms with Gasteiger partial charge in [0, 0.05) is 25.6 Å². The summed E-state index contributed by atoms with van der Waals surface area (Å²) >= 11 is 0. The summed E-state index contributed by atoms with van der Waals surface area (Å²) in [5, 5.41) is 11.8. The van der Waals surface area contributed by atoms with Crippen molar-refractivity contribution in [2.75, 3.05) is 26.7 Å². The third-order valence-electron chi connectivity index (χ3n) is 3.83. The van der Waals surface area contributed by atoms with E-state index in [0.717, 1.165) is 30.6 Å². The van der Waals surface area contributed by atoms with Gasteiger partial charge in [-0.25, -0.2) is 4.79 Å². The van der Waals surface area contributed by atoms with E-state index in [4.69, 9.17) is 10.00 Å². The molecule has 0 spiro atoms. The van der Waals surface area contributed by atoms with Crippen LogP contribution in [0.5, 0.6) is 5.75 Å². The summed E-state index contributed by atoms with van der Waals surface area (Å²) in [7, 11) is 1.65. The number of carbonyl (C=O) groups is 1. The van der Waals surface area contributed by atoms with E-state index in [1.54, 1.807) is 12.0 Å². The molecule has 5 heteroatoms. The molecule has 0 atom stereocenters. The second-order valence-electron chi connectivity index (χ2n) is 5.18. The summed E-state index contributed by atoms with van der Waals surface area (Å²) in [5.74, 6) is 0.948. The predicted octanol–water partition coefficient (Wildman–Crippen LogP) is 2.18. The molecule has 1 aliphatic rings. The Kier molecular flexibility index (Phi) is 5.44. The van der Waals surface area contributed by atoms with Gasteiger partial charge in [-0.1, -0.05) is 18.2 Å². The van der Waals surface area contributed by atoms with Gasteiger partial charge in [0.25, 0.3) is 0 Å². The number of piperidine rings is 1. The van der Waals surface area contributed by atoms with E-state index < -0.39 is 0 Å². The van der Waals surface area contributed by atoms with Crippen LogP contribution in [0.1, 0.15) is 18.4 Å². The Bertz CT molecular complexity index is 516. The number of amides is 2. The van der Waals surface area contributed by atoms with Gasteiger partial charge in [-0.3, -0.25) is 0 Å². The fourth-order valence-electron chi connectivity index (χ4n) is 2.54. The molecule has 1 N–H and O–H groups in total. The second-order valence-corrected chi connectivity index (χ2v) is 5.18. The van der Waals surface area contributed by atoms with Crippen LogP contribution in [-0.4, -0.2) is 37.7 Å². The van der Waals surface area contributed by atoms with Gasteiger partial charge in [0.15, 0.2) is 0 Å². The molecule has 112 valence electrons. The number of likely N-dealkylation sites (tertiary alicyclic amines) is 1. The maximum atomic E-state index is 12.0. The van der Waals surface area contributed by atoms with Crippen LogP contribution in [0.4, 0.5) is 4.79 Å². The quantitative estimate of drug-likeness (QED) is 0.923. The van der Waals surface area contributed by atoms with Crippen molar-refractivity contribution < 1.29 is 9.53 Å². The largest absolute Gasteiger partial charge is 0.496 e. The van der Waals surface area contributed by atoms with Crippen molar-refractivity contribution >= 4 is 6.03 Å². The first kappa shape index (κ1) is 15.2. The van der Waals surface area contributed by atoms with Crippen LogP contribution < -0.4 is 10.1 Å². The molecule has 1 saturated heterocycles. The molecule has 0 aromatic heterocycles. The molecule has 21 heavy (non-hydrogen) atoms. The minimum atomic E-state index is -0.0405. The van der Waals surface area contributed by atoms with E-state index in [-0.39, 0.29) is 11.9 Å². The van der Waals surface area contributed by atoms with Gasteiger partial charge in [0.1, 0.15) is 5.75 Å². The highest BCUT2D eigenvalue weighted by atomic mass is 16.5. The number of carbonyl (C=O) groups excluding carboxylic acids is 1. The monoisotopic (exact) mass is 287 g/mol. The molecule has 0 unspecified atom stereocenters. The fraction of sp³-hybridized carbons (Fsp3) is 0.500. The molecule has 1 heterocycles. The van der Waals surface area contributed by atoms with Gasteiger partial charge in [-0.2, -0.15) is 5.26 Å². The van der Waals surface area contributed by atoms with Crippen molar-refractivity contribution in [2.24, 2.45) is 5.92 Å². The van der Waals surface area contributed by atoms with Gasteiger partial charge in [-0.05, 0) is 30.9 Å². The third kappa shape index (κ3) is 4.12. The van der Waals surface area contributed by atoms with E-state index in [2.05, 4.69) is 11.4 Å². The van der Waals surface area contributed by atoms with Crippen LogP contribution in [0.3, 0.4) is 0 Å². The number of rotatable bonds is 4. The number of nitriles is 1. The zero-order chi connectivity index (χ0) is 15.1. The molecule has 1 aliphatic heterocycles. The van der Waals surface area contributed by atoms with Crippen molar-refractivity contribution in [3.63, 3.8) is 0 Å². The highest BCUT2D eigenvalue weighted by molar-refractivity contribution is 5.74. The molecule has 1 aromatic rings. The van der Waals surface area contributed by atoms with E-state index in [1.165, 1.54) is 0 Å². The van der Waals surface area contributed by atoms with Crippen LogP contribution in [0.25, 0.3) is 0 Å². The van der Waals surface area contributed by atoms with E-state index in [0.29, 0.717) is 19.6 Å². The molecule has 0 bridgehead atoms. The zero-order valence-electron chi connectivity index (χ0n) is 12.3. The van der Waals surface area contributed by atoms with E-state index >= 15 is 0 Å². The summed E-state index contributed by atoms with van der Waals surface area (Å²) in [6.07, 6.45) is 2.29. The van der Waals surface area contributed by atoms with Crippen LogP contribution in [-0.2, 0) is 6.42 Å². The van der Waals surface area contributed by atoms with Gasteiger partial charge in [-0.15, -0.1) is 0 Å². The number of ether oxygens (including phenoxy) is 1. The molecule has 0 radical (unpaired) electrons. The number of methoxy groups -OCH3 is 1. The van der Waals surface area contributed by atoms with Crippen molar-refractivity contribution in [1.29, 1.82) is 5.26 Å². The molecular formula is C16H21N3O2. The maximum Gasteiger partial charge on any atom is 0.317 e. The molecule has 2 rings (SSSR count). The number of urea groups is 1. The van der Waals surface area contributed by atoms with Gasteiger partial charge in [0.05, 0.1) is 13.2 Å². The Morgan fingerprint density at radius 2 is 2.14 bits per heavy atom. The Balaban J connectivity index is 1.76. The van der Waals surface area contributed by atoms with Crippen molar-refractivity contribution in [1.82, 2.24) is 10.2 Å². The highest BCUT2D eigenvalue weighted by Crippen LogP contribution is 2.18. The first-order valence-electron chi connectivity index (χ1n) is 7.29. The normalized spacial score (nSPS) is 15.3. The first-order chi connectivity index (χ1) is 10.2. The second kappa shape index (κ2) is 7.53. The molecule has 1 aromatic carbocycles. The molecule has 5 nitrogen and oxygen atoms in total. The average Bonchev–Trinajstić information content (AvgIpc) is 2.55. The van der Waals surface area contributed by atoms with Gasteiger partial charge < -0.3 is 15.0 Å². The third-order valence-corrected chi connectivity index (χ3v) is 3.83. The van der Waals surface area contributed by atoms with Crippen LogP contribution in [0, 0.1) is 17.2 Å².